The van der Waals surface area contributed by atoms with E-state index in [9.17, 15) is 14.7 Å². The number of hydrogen-bond donors (Lipinski definition) is 1. The lowest BCUT2D eigenvalue weighted by Crippen LogP contribution is -2.26. The van der Waals surface area contributed by atoms with E-state index < -0.39 is 5.97 Å². The molecule has 0 fully saturated rings. The van der Waals surface area contributed by atoms with Crippen LogP contribution < -0.4 is 5.69 Å². The van der Waals surface area contributed by atoms with E-state index in [-0.39, 0.29) is 11.3 Å². The van der Waals surface area contributed by atoms with Crippen LogP contribution in [0.1, 0.15) is 34.1 Å². The van der Waals surface area contributed by atoms with Gasteiger partial charge in [0.15, 0.2) is 0 Å². The molecule has 5 heteroatoms. The van der Waals surface area contributed by atoms with E-state index in [2.05, 4.69) is 0 Å². The molecule has 1 heterocycles. The molecule has 3 aromatic carbocycles. The van der Waals surface area contributed by atoms with Crippen LogP contribution in [-0.2, 0) is 19.5 Å². The second kappa shape index (κ2) is 10.0. The Kier molecular flexibility index (Phi) is 6.69. The highest BCUT2D eigenvalue weighted by molar-refractivity contribution is 5.96. The van der Waals surface area contributed by atoms with E-state index in [1.807, 2.05) is 98.1 Å². The average Bonchev–Trinajstić information content (AvgIpc) is 3.13. The van der Waals surface area contributed by atoms with Gasteiger partial charge in [-0.25, -0.2) is 9.59 Å². The number of rotatable bonds is 8. The van der Waals surface area contributed by atoms with Gasteiger partial charge in [-0.15, -0.1) is 0 Å². The molecule has 0 aliphatic heterocycles. The van der Waals surface area contributed by atoms with Gasteiger partial charge in [0.2, 0.25) is 0 Å². The zero-order chi connectivity index (χ0) is 23.2. The first-order chi connectivity index (χ1) is 16.1. The van der Waals surface area contributed by atoms with Crippen LogP contribution in [-0.4, -0.2) is 20.2 Å². The molecule has 166 valence electrons. The van der Waals surface area contributed by atoms with Gasteiger partial charge >= 0.3 is 11.7 Å². The van der Waals surface area contributed by atoms with Gasteiger partial charge < -0.3 is 5.11 Å². The maximum Gasteiger partial charge on any atom is 0.336 e. The SMILES string of the molecule is CC=CCc1cn(Cc2ccccc2)c(=O)n1Cc1ccc(-c2ccccc2)c(C(=O)O)c1. The summed E-state index contributed by atoms with van der Waals surface area (Å²) < 4.78 is 3.44. The third kappa shape index (κ3) is 5.04. The molecule has 0 aliphatic carbocycles. The molecule has 0 spiro atoms. The van der Waals surface area contributed by atoms with E-state index >= 15 is 0 Å². The van der Waals surface area contributed by atoms with Crippen molar-refractivity contribution in [3.8, 4) is 11.1 Å². The predicted molar refractivity (Wildman–Crippen MR) is 131 cm³/mol. The molecule has 33 heavy (non-hydrogen) atoms. The highest BCUT2D eigenvalue weighted by Crippen LogP contribution is 2.25. The quantitative estimate of drug-likeness (QED) is 0.383. The summed E-state index contributed by atoms with van der Waals surface area (Å²) >= 11 is 0. The second-order valence-corrected chi connectivity index (χ2v) is 7.93. The molecule has 4 rings (SSSR count). The highest BCUT2D eigenvalue weighted by atomic mass is 16.4. The zero-order valence-electron chi connectivity index (χ0n) is 18.5. The molecule has 5 nitrogen and oxygen atoms in total. The fraction of sp³-hybridized carbons (Fsp3) is 0.143. The first-order valence-corrected chi connectivity index (χ1v) is 10.9. The number of allylic oxidation sites excluding steroid dienone is 2. The van der Waals surface area contributed by atoms with Crippen LogP contribution in [0.3, 0.4) is 0 Å². The van der Waals surface area contributed by atoms with Crippen LogP contribution >= 0.6 is 0 Å². The van der Waals surface area contributed by atoms with Crippen molar-refractivity contribution in [2.45, 2.75) is 26.4 Å². The molecular formula is C28H26N2O3. The Morgan fingerprint density at radius 2 is 1.61 bits per heavy atom. The number of aromatic carboxylic acids is 1. The number of hydrogen-bond acceptors (Lipinski definition) is 2. The molecule has 0 aliphatic rings. The third-order valence-electron chi connectivity index (χ3n) is 5.63. The van der Waals surface area contributed by atoms with Gasteiger partial charge in [-0.1, -0.05) is 84.9 Å². The van der Waals surface area contributed by atoms with Gasteiger partial charge in [0.25, 0.3) is 0 Å². The van der Waals surface area contributed by atoms with Crippen LogP contribution in [0.25, 0.3) is 11.1 Å². The molecule has 0 saturated carbocycles. The Labute approximate surface area is 192 Å². The zero-order valence-corrected chi connectivity index (χ0v) is 18.5. The van der Waals surface area contributed by atoms with Crippen molar-refractivity contribution in [1.29, 1.82) is 0 Å². The lowest BCUT2D eigenvalue weighted by Gasteiger charge is -2.11. The third-order valence-corrected chi connectivity index (χ3v) is 5.63. The molecule has 0 bridgehead atoms. The molecule has 0 saturated heterocycles. The van der Waals surface area contributed by atoms with Crippen LogP contribution in [0.2, 0.25) is 0 Å². The lowest BCUT2D eigenvalue weighted by atomic mass is 9.97. The largest absolute Gasteiger partial charge is 0.478 e. The van der Waals surface area contributed by atoms with Gasteiger partial charge in [0.1, 0.15) is 0 Å². The molecular weight excluding hydrogens is 412 g/mol. The minimum absolute atomic E-state index is 0.109. The first-order valence-electron chi connectivity index (χ1n) is 10.9. The average molecular weight is 439 g/mol. The van der Waals surface area contributed by atoms with Crippen molar-refractivity contribution in [2.24, 2.45) is 0 Å². The Hall–Kier alpha value is -4.12. The minimum Gasteiger partial charge on any atom is -0.478 e. The standard InChI is InChI=1S/C28H26N2O3/c1-2-3-14-24-20-29(18-21-10-6-4-7-11-21)28(33)30(24)19-22-15-16-25(26(17-22)27(31)32)23-12-8-5-9-13-23/h2-13,15-17,20H,14,18-19H2,1H3,(H,31,32). The summed E-state index contributed by atoms with van der Waals surface area (Å²) in [7, 11) is 0. The van der Waals surface area contributed by atoms with Crippen LogP contribution in [0.15, 0.2) is 102 Å². The van der Waals surface area contributed by atoms with Crippen LogP contribution in [0.4, 0.5) is 0 Å². The van der Waals surface area contributed by atoms with Crippen molar-refractivity contribution in [3.63, 3.8) is 0 Å². The first kappa shape index (κ1) is 22.1. The van der Waals surface area contributed by atoms with E-state index in [0.29, 0.717) is 25.1 Å². The Balaban J connectivity index is 1.71. The van der Waals surface area contributed by atoms with Crippen molar-refractivity contribution < 1.29 is 9.90 Å². The minimum atomic E-state index is -0.987. The summed E-state index contributed by atoms with van der Waals surface area (Å²) in [6.45, 7) is 2.75. The Morgan fingerprint density at radius 1 is 0.909 bits per heavy atom. The summed E-state index contributed by atoms with van der Waals surface area (Å²) in [5.74, 6) is -0.987. The number of carboxylic acid groups (broad SMARTS) is 1. The lowest BCUT2D eigenvalue weighted by molar-refractivity contribution is 0.0697. The van der Waals surface area contributed by atoms with Gasteiger partial charge in [-0.2, -0.15) is 0 Å². The number of benzene rings is 3. The Bertz CT molecular complexity index is 1330. The predicted octanol–water partition coefficient (Wildman–Crippen LogP) is 5.23. The number of carboxylic acids is 1. The molecule has 0 unspecified atom stereocenters. The summed E-state index contributed by atoms with van der Waals surface area (Å²) in [4.78, 5) is 25.3. The highest BCUT2D eigenvalue weighted by Gasteiger charge is 2.15. The van der Waals surface area contributed by atoms with Crippen molar-refractivity contribution in [1.82, 2.24) is 9.13 Å². The molecule has 1 aromatic heterocycles. The maximum absolute atomic E-state index is 13.3. The summed E-state index contributed by atoms with van der Waals surface area (Å²) in [6.07, 6.45) is 6.49. The number of aromatic nitrogens is 2. The summed E-state index contributed by atoms with van der Waals surface area (Å²) in [5.41, 5.74) is 4.34. The van der Waals surface area contributed by atoms with E-state index in [1.165, 1.54) is 0 Å². The number of imidazole rings is 1. The topological polar surface area (TPSA) is 64.2 Å². The van der Waals surface area contributed by atoms with E-state index in [4.69, 9.17) is 0 Å². The van der Waals surface area contributed by atoms with Crippen molar-refractivity contribution in [3.05, 3.63) is 130 Å². The second-order valence-electron chi connectivity index (χ2n) is 7.93. The van der Waals surface area contributed by atoms with Crippen LogP contribution in [0, 0.1) is 0 Å². The molecule has 1 N–H and O–H groups in total. The monoisotopic (exact) mass is 438 g/mol. The summed E-state index contributed by atoms with van der Waals surface area (Å²) in [6, 6.07) is 24.7. The number of nitrogens with zero attached hydrogens (tertiary/aromatic N) is 2. The van der Waals surface area contributed by atoms with Gasteiger partial charge in [0, 0.05) is 18.3 Å². The molecule has 0 amide bonds. The fourth-order valence-corrected chi connectivity index (χ4v) is 3.97. The van der Waals surface area contributed by atoms with Gasteiger partial charge in [-0.3, -0.25) is 9.13 Å². The normalized spacial score (nSPS) is 11.2. The molecule has 0 atom stereocenters. The fourth-order valence-electron chi connectivity index (χ4n) is 3.97. The van der Waals surface area contributed by atoms with Crippen LogP contribution in [0.5, 0.6) is 0 Å². The van der Waals surface area contributed by atoms with E-state index in [1.54, 1.807) is 15.2 Å². The molecule has 4 aromatic rings. The Morgan fingerprint density at radius 3 is 2.27 bits per heavy atom. The van der Waals surface area contributed by atoms with Gasteiger partial charge in [-0.05, 0) is 35.2 Å². The summed E-state index contributed by atoms with van der Waals surface area (Å²) in [5, 5.41) is 9.83. The number of carbonyl (C=O) groups is 1. The van der Waals surface area contributed by atoms with E-state index in [0.717, 1.165) is 22.4 Å². The van der Waals surface area contributed by atoms with Crippen molar-refractivity contribution in [2.75, 3.05) is 0 Å². The van der Waals surface area contributed by atoms with Gasteiger partial charge in [0.05, 0.1) is 18.7 Å². The smallest absolute Gasteiger partial charge is 0.336 e. The maximum atomic E-state index is 13.3. The van der Waals surface area contributed by atoms with Crippen molar-refractivity contribution >= 4 is 5.97 Å². The molecule has 0 radical (unpaired) electrons.